The Morgan fingerprint density at radius 2 is 2.00 bits per heavy atom. The third-order valence-corrected chi connectivity index (χ3v) is 5.12. The number of hydrogen-bond donors (Lipinski definition) is 3. The summed E-state index contributed by atoms with van der Waals surface area (Å²) in [5.41, 5.74) is 0. The summed E-state index contributed by atoms with van der Waals surface area (Å²) in [6, 6.07) is -1.17. The normalized spacial score (nSPS) is 18.8. The van der Waals surface area contributed by atoms with Crippen LogP contribution in [0, 0.1) is 0 Å². The number of thioether (sulfide) groups is 1. The lowest BCUT2D eigenvalue weighted by atomic mass is 10.1. The van der Waals surface area contributed by atoms with Crippen LogP contribution in [0.1, 0.15) is 45.4 Å². The predicted molar refractivity (Wildman–Crippen MR) is 77.6 cm³/mol. The van der Waals surface area contributed by atoms with Crippen LogP contribution < -0.4 is 10.6 Å². The van der Waals surface area contributed by atoms with Crippen molar-refractivity contribution in [2.75, 3.05) is 12.8 Å². The fourth-order valence-corrected chi connectivity index (χ4v) is 3.38. The molecule has 0 aromatic rings. The zero-order valence-corrected chi connectivity index (χ0v) is 12.5. The molecule has 0 aromatic carbocycles. The molecule has 1 saturated carbocycles. The molecule has 0 aliphatic heterocycles. The van der Waals surface area contributed by atoms with Crippen molar-refractivity contribution in [2.45, 2.75) is 56.2 Å². The first kappa shape index (κ1) is 16.1. The number of amides is 2. The van der Waals surface area contributed by atoms with Crippen LogP contribution in [-0.2, 0) is 4.79 Å². The smallest absolute Gasteiger partial charge is 0.326 e. The van der Waals surface area contributed by atoms with E-state index in [1.165, 1.54) is 12.8 Å². The number of nitrogens with one attached hydrogen (secondary N) is 2. The molecule has 1 atom stereocenters. The molecule has 19 heavy (non-hydrogen) atoms. The molecule has 1 aliphatic rings. The van der Waals surface area contributed by atoms with Gasteiger partial charge in [-0.2, -0.15) is 11.8 Å². The summed E-state index contributed by atoms with van der Waals surface area (Å²) >= 11 is 1.80. The second kappa shape index (κ2) is 7.62. The Balaban J connectivity index is 2.39. The van der Waals surface area contributed by atoms with Gasteiger partial charge in [-0.3, -0.25) is 0 Å². The molecule has 5 nitrogen and oxygen atoms in total. The molecule has 1 aliphatic carbocycles. The van der Waals surface area contributed by atoms with Gasteiger partial charge in [0.15, 0.2) is 0 Å². The van der Waals surface area contributed by atoms with Crippen molar-refractivity contribution < 1.29 is 14.7 Å². The van der Waals surface area contributed by atoms with E-state index in [0.717, 1.165) is 19.3 Å². The number of carboxylic acids is 1. The molecule has 6 heteroatoms. The van der Waals surface area contributed by atoms with E-state index >= 15 is 0 Å². The number of carbonyl (C=O) groups excluding carboxylic acids is 1. The Bertz CT molecular complexity index is 317. The van der Waals surface area contributed by atoms with Gasteiger partial charge in [-0.15, -0.1) is 0 Å². The maximum atomic E-state index is 11.8. The number of urea groups is 1. The highest BCUT2D eigenvalue weighted by molar-refractivity contribution is 8.00. The van der Waals surface area contributed by atoms with Crippen molar-refractivity contribution in [3.63, 3.8) is 0 Å². The van der Waals surface area contributed by atoms with Crippen molar-refractivity contribution >= 4 is 23.8 Å². The van der Waals surface area contributed by atoms with Gasteiger partial charge in [0.05, 0.1) is 0 Å². The Hall–Kier alpha value is -0.910. The molecule has 1 rings (SSSR count). The van der Waals surface area contributed by atoms with E-state index in [4.69, 9.17) is 5.11 Å². The van der Waals surface area contributed by atoms with Crippen LogP contribution in [0.2, 0.25) is 0 Å². The van der Waals surface area contributed by atoms with Gasteiger partial charge in [-0.1, -0.05) is 26.2 Å². The van der Waals surface area contributed by atoms with Crippen molar-refractivity contribution in [2.24, 2.45) is 0 Å². The van der Waals surface area contributed by atoms with Crippen LogP contribution in [0.5, 0.6) is 0 Å². The van der Waals surface area contributed by atoms with Gasteiger partial charge in [0, 0.05) is 11.3 Å². The second-order valence-corrected chi connectivity index (χ2v) is 6.38. The molecule has 0 saturated heterocycles. The van der Waals surface area contributed by atoms with E-state index in [-0.39, 0.29) is 10.8 Å². The highest BCUT2D eigenvalue weighted by Gasteiger charge is 2.33. The Kier molecular flexibility index (Phi) is 6.48. The first-order chi connectivity index (χ1) is 9.03. The van der Waals surface area contributed by atoms with Gasteiger partial charge in [0.25, 0.3) is 0 Å². The van der Waals surface area contributed by atoms with Gasteiger partial charge >= 0.3 is 12.0 Å². The highest BCUT2D eigenvalue weighted by atomic mass is 32.2. The topological polar surface area (TPSA) is 78.4 Å². The van der Waals surface area contributed by atoms with Crippen molar-refractivity contribution in [3.8, 4) is 0 Å². The molecular weight excluding hydrogens is 264 g/mol. The highest BCUT2D eigenvalue weighted by Crippen LogP contribution is 2.39. The first-order valence-electron chi connectivity index (χ1n) is 6.85. The first-order valence-corrected chi connectivity index (χ1v) is 8.08. The van der Waals surface area contributed by atoms with Gasteiger partial charge < -0.3 is 15.7 Å². The van der Waals surface area contributed by atoms with Gasteiger partial charge in [0.2, 0.25) is 0 Å². The standard InChI is InChI=1S/C13H24N2O3S/c1-3-6-10(11(16)17)15-12(18)14-9-13(19-2)7-4-5-8-13/h10H,3-9H2,1-2H3,(H,16,17)(H2,14,15,18)/t10-/m1/s1. The third kappa shape index (κ3) is 4.93. The summed E-state index contributed by atoms with van der Waals surface area (Å²) in [7, 11) is 0. The summed E-state index contributed by atoms with van der Waals surface area (Å²) < 4.78 is 0.140. The maximum Gasteiger partial charge on any atom is 0.326 e. The second-order valence-electron chi connectivity index (χ2n) is 5.10. The number of aliphatic carboxylic acids is 1. The van der Waals surface area contributed by atoms with Crippen molar-refractivity contribution in [3.05, 3.63) is 0 Å². The lowest BCUT2D eigenvalue weighted by molar-refractivity contribution is -0.139. The predicted octanol–water partition coefficient (Wildman–Crippen LogP) is 2.21. The molecule has 0 heterocycles. The average Bonchev–Trinajstić information content (AvgIpc) is 2.85. The largest absolute Gasteiger partial charge is 0.480 e. The lowest BCUT2D eigenvalue weighted by Gasteiger charge is -2.27. The van der Waals surface area contributed by atoms with E-state index in [1.807, 2.05) is 6.92 Å². The zero-order valence-electron chi connectivity index (χ0n) is 11.7. The SMILES string of the molecule is CCC[C@@H](NC(=O)NCC1(SC)CCCC1)C(=O)O. The van der Waals surface area contributed by atoms with Gasteiger partial charge in [0.1, 0.15) is 6.04 Å². The Labute approximate surface area is 118 Å². The molecule has 0 bridgehead atoms. The molecule has 0 radical (unpaired) electrons. The summed E-state index contributed by atoms with van der Waals surface area (Å²) in [6.07, 6.45) is 7.90. The Morgan fingerprint density at radius 1 is 1.37 bits per heavy atom. The summed E-state index contributed by atoms with van der Waals surface area (Å²) in [5.74, 6) is -0.975. The maximum absolute atomic E-state index is 11.8. The molecule has 2 amide bonds. The van der Waals surface area contributed by atoms with E-state index in [1.54, 1.807) is 11.8 Å². The van der Waals surface area contributed by atoms with Crippen LogP contribution in [-0.4, -0.2) is 40.7 Å². The van der Waals surface area contributed by atoms with Crippen LogP contribution in [0.4, 0.5) is 4.79 Å². The number of carbonyl (C=O) groups is 2. The zero-order chi connectivity index (χ0) is 14.3. The van der Waals surface area contributed by atoms with E-state index in [9.17, 15) is 9.59 Å². The van der Waals surface area contributed by atoms with Crippen LogP contribution in [0.15, 0.2) is 0 Å². The average molecular weight is 288 g/mol. The monoisotopic (exact) mass is 288 g/mol. The molecular formula is C13H24N2O3S. The summed E-state index contributed by atoms with van der Waals surface area (Å²) in [5, 5.41) is 14.3. The fourth-order valence-electron chi connectivity index (χ4n) is 2.47. The lowest BCUT2D eigenvalue weighted by Crippen LogP contribution is -2.49. The van der Waals surface area contributed by atoms with Crippen LogP contribution in [0.25, 0.3) is 0 Å². The molecule has 0 aromatic heterocycles. The minimum atomic E-state index is -0.975. The number of carboxylic acid groups (broad SMARTS) is 1. The Morgan fingerprint density at radius 3 is 2.47 bits per heavy atom. The molecule has 0 unspecified atom stereocenters. The molecule has 110 valence electrons. The third-order valence-electron chi connectivity index (χ3n) is 3.70. The number of hydrogen-bond acceptors (Lipinski definition) is 3. The van der Waals surface area contributed by atoms with E-state index in [0.29, 0.717) is 13.0 Å². The van der Waals surface area contributed by atoms with Crippen molar-refractivity contribution in [1.82, 2.24) is 10.6 Å². The minimum absolute atomic E-state index is 0.140. The van der Waals surface area contributed by atoms with E-state index in [2.05, 4.69) is 16.9 Å². The summed E-state index contributed by atoms with van der Waals surface area (Å²) in [6.45, 7) is 2.51. The van der Waals surface area contributed by atoms with Gasteiger partial charge in [-0.05, 0) is 25.5 Å². The fraction of sp³-hybridized carbons (Fsp3) is 0.846. The van der Waals surface area contributed by atoms with Crippen molar-refractivity contribution in [1.29, 1.82) is 0 Å². The van der Waals surface area contributed by atoms with E-state index < -0.39 is 12.0 Å². The number of rotatable bonds is 7. The van der Waals surface area contributed by atoms with Crippen LogP contribution in [0.3, 0.4) is 0 Å². The molecule has 0 spiro atoms. The summed E-state index contributed by atoms with van der Waals surface area (Å²) in [4.78, 5) is 22.7. The quantitative estimate of drug-likeness (QED) is 0.671. The minimum Gasteiger partial charge on any atom is -0.480 e. The molecule has 1 fully saturated rings. The van der Waals surface area contributed by atoms with Crippen LogP contribution >= 0.6 is 11.8 Å². The molecule has 3 N–H and O–H groups in total. The van der Waals surface area contributed by atoms with Gasteiger partial charge in [-0.25, -0.2) is 9.59 Å².